The molecule has 0 spiro atoms. The van der Waals surface area contributed by atoms with E-state index in [0.29, 0.717) is 17.5 Å². The minimum atomic E-state index is -0.498. The van der Waals surface area contributed by atoms with Crippen molar-refractivity contribution in [3.63, 3.8) is 0 Å². The van der Waals surface area contributed by atoms with Crippen LogP contribution in [0.5, 0.6) is 0 Å². The highest BCUT2D eigenvalue weighted by Crippen LogP contribution is 2.36. The molecule has 2 aromatic heterocycles. The number of hydrogen-bond acceptors (Lipinski definition) is 6. The minimum Gasteiger partial charge on any atom is -0.338 e. The van der Waals surface area contributed by atoms with Crippen molar-refractivity contribution >= 4 is 45.3 Å². The molecule has 0 atom stereocenters. The van der Waals surface area contributed by atoms with Crippen LogP contribution in [0.3, 0.4) is 0 Å². The molecule has 0 radical (unpaired) electrons. The van der Waals surface area contributed by atoms with E-state index in [0.717, 1.165) is 20.7 Å². The van der Waals surface area contributed by atoms with E-state index in [1.807, 2.05) is 19.9 Å². The summed E-state index contributed by atoms with van der Waals surface area (Å²) in [6, 6.07) is 7.67. The Labute approximate surface area is 170 Å². The summed E-state index contributed by atoms with van der Waals surface area (Å²) in [7, 11) is 0. The first-order chi connectivity index (χ1) is 13.4. The second-order valence-electron chi connectivity index (χ2n) is 6.45. The third kappa shape index (κ3) is 5.26. The van der Waals surface area contributed by atoms with Crippen LogP contribution >= 0.6 is 23.1 Å². The van der Waals surface area contributed by atoms with Crippen molar-refractivity contribution in [3.05, 3.63) is 42.5 Å². The fourth-order valence-electron chi connectivity index (χ4n) is 2.33. The number of carbonyl (C=O) groups excluding carboxylic acids is 2. The predicted octanol–water partition coefficient (Wildman–Crippen LogP) is 4.07. The summed E-state index contributed by atoms with van der Waals surface area (Å²) in [6.07, 6.45) is 1.44. The average molecular weight is 419 g/mol. The SMILES string of the molecule is CC(C)CNC(=O)NC(=O)CSc1ncnc2cc(-c3ccc(F)cc3)sc12. The van der Waals surface area contributed by atoms with Crippen LogP contribution in [-0.2, 0) is 4.79 Å². The van der Waals surface area contributed by atoms with Crippen LogP contribution in [0.25, 0.3) is 20.7 Å². The molecular formula is C19H19FN4O2S2. The van der Waals surface area contributed by atoms with Crippen LogP contribution in [0.15, 0.2) is 41.7 Å². The van der Waals surface area contributed by atoms with Gasteiger partial charge in [0.15, 0.2) is 0 Å². The maximum Gasteiger partial charge on any atom is 0.321 e. The van der Waals surface area contributed by atoms with E-state index in [2.05, 4.69) is 20.6 Å². The molecule has 0 fully saturated rings. The summed E-state index contributed by atoms with van der Waals surface area (Å²) in [5.74, 6) is -0.318. The van der Waals surface area contributed by atoms with Crippen LogP contribution in [0, 0.1) is 11.7 Å². The quantitative estimate of drug-likeness (QED) is 0.466. The Morgan fingerprint density at radius 3 is 2.68 bits per heavy atom. The molecular weight excluding hydrogens is 399 g/mol. The molecule has 28 heavy (non-hydrogen) atoms. The summed E-state index contributed by atoms with van der Waals surface area (Å²) in [4.78, 5) is 33.1. The molecule has 9 heteroatoms. The number of fused-ring (bicyclic) bond motifs is 1. The Morgan fingerprint density at radius 1 is 1.21 bits per heavy atom. The number of rotatable bonds is 6. The van der Waals surface area contributed by atoms with Crippen molar-refractivity contribution < 1.29 is 14.0 Å². The number of hydrogen-bond donors (Lipinski definition) is 2. The number of amides is 3. The molecule has 3 aromatic rings. The molecule has 3 amide bonds. The number of nitrogens with one attached hydrogen (secondary N) is 2. The lowest BCUT2D eigenvalue weighted by atomic mass is 10.2. The molecule has 0 unspecified atom stereocenters. The zero-order chi connectivity index (χ0) is 20.1. The standard InChI is InChI=1S/C19H19FN4O2S2/c1-11(2)8-21-19(26)24-16(25)9-27-18-17-14(22-10-23-18)7-15(28-17)12-3-5-13(20)6-4-12/h3-7,10-11H,8-9H2,1-2H3,(H2,21,24,25,26). The molecule has 0 saturated carbocycles. The lowest BCUT2D eigenvalue weighted by Gasteiger charge is -2.08. The van der Waals surface area contributed by atoms with E-state index in [1.54, 1.807) is 12.1 Å². The Morgan fingerprint density at radius 2 is 1.96 bits per heavy atom. The van der Waals surface area contributed by atoms with Gasteiger partial charge in [0.25, 0.3) is 0 Å². The number of thiophene rings is 1. The van der Waals surface area contributed by atoms with E-state index in [9.17, 15) is 14.0 Å². The molecule has 146 valence electrons. The third-order valence-corrected chi connectivity index (χ3v) is 5.97. The van der Waals surface area contributed by atoms with E-state index in [-0.39, 0.29) is 11.6 Å². The topological polar surface area (TPSA) is 84.0 Å². The first-order valence-electron chi connectivity index (χ1n) is 8.63. The molecule has 3 rings (SSSR count). The van der Waals surface area contributed by atoms with Gasteiger partial charge < -0.3 is 5.32 Å². The smallest absolute Gasteiger partial charge is 0.321 e. The number of thioether (sulfide) groups is 1. The van der Waals surface area contributed by atoms with Gasteiger partial charge in [0.1, 0.15) is 17.2 Å². The first-order valence-corrected chi connectivity index (χ1v) is 10.4. The maximum absolute atomic E-state index is 13.1. The molecule has 0 saturated heterocycles. The summed E-state index contributed by atoms with van der Waals surface area (Å²) in [5.41, 5.74) is 1.65. The number of aromatic nitrogens is 2. The van der Waals surface area contributed by atoms with Gasteiger partial charge in [-0.05, 0) is 29.7 Å². The van der Waals surface area contributed by atoms with Gasteiger partial charge in [-0.1, -0.05) is 37.7 Å². The molecule has 1 aromatic carbocycles. The highest BCUT2D eigenvalue weighted by atomic mass is 32.2. The zero-order valence-corrected chi connectivity index (χ0v) is 17.0. The lowest BCUT2D eigenvalue weighted by Crippen LogP contribution is -2.41. The Balaban J connectivity index is 1.67. The minimum absolute atomic E-state index is 0.0605. The normalized spacial score (nSPS) is 11.0. The average Bonchev–Trinajstić information content (AvgIpc) is 3.10. The van der Waals surface area contributed by atoms with E-state index >= 15 is 0 Å². The van der Waals surface area contributed by atoms with Crippen molar-refractivity contribution in [3.8, 4) is 10.4 Å². The van der Waals surface area contributed by atoms with Crippen LogP contribution in [0.1, 0.15) is 13.8 Å². The van der Waals surface area contributed by atoms with Crippen LogP contribution in [-0.4, -0.2) is 34.2 Å². The summed E-state index contributed by atoms with van der Waals surface area (Å²) in [5, 5.41) is 5.61. The molecule has 0 bridgehead atoms. The van der Waals surface area contributed by atoms with Crippen LogP contribution in [0.2, 0.25) is 0 Å². The maximum atomic E-state index is 13.1. The molecule has 0 aliphatic heterocycles. The van der Waals surface area contributed by atoms with Gasteiger partial charge in [-0.25, -0.2) is 19.2 Å². The number of nitrogens with zero attached hydrogens (tertiary/aromatic N) is 2. The lowest BCUT2D eigenvalue weighted by molar-refractivity contribution is -0.117. The highest BCUT2D eigenvalue weighted by molar-refractivity contribution is 8.00. The number of urea groups is 1. The molecule has 0 aliphatic carbocycles. The van der Waals surface area contributed by atoms with Crippen molar-refractivity contribution in [2.45, 2.75) is 18.9 Å². The largest absolute Gasteiger partial charge is 0.338 e. The zero-order valence-electron chi connectivity index (χ0n) is 15.4. The van der Waals surface area contributed by atoms with Crippen LogP contribution in [0.4, 0.5) is 9.18 Å². The molecule has 6 nitrogen and oxygen atoms in total. The monoisotopic (exact) mass is 418 g/mol. The number of halogens is 1. The molecule has 2 heterocycles. The first kappa shape index (κ1) is 20.2. The van der Waals surface area contributed by atoms with Crippen molar-refractivity contribution in [1.29, 1.82) is 0 Å². The van der Waals surface area contributed by atoms with E-state index in [1.165, 1.54) is 41.6 Å². The second-order valence-corrected chi connectivity index (χ2v) is 8.47. The Hall–Kier alpha value is -2.52. The van der Waals surface area contributed by atoms with Gasteiger partial charge >= 0.3 is 6.03 Å². The fraction of sp³-hybridized carbons (Fsp3) is 0.263. The second kappa shape index (κ2) is 9.11. The van der Waals surface area contributed by atoms with Crippen molar-refractivity contribution in [2.75, 3.05) is 12.3 Å². The number of imide groups is 1. The summed E-state index contributed by atoms with van der Waals surface area (Å²) >= 11 is 2.72. The Kier molecular flexibility index (Phi) is 6.58. The van der Waals surface area contributed by atoms with E-state index < -0.39 is 11.9 Å². The molecule has 2 N–H and O–H groups in total. The van der Waals surface area contributed by atoms with Gasteiger partial charge in [0, 0.05) is 11.4 Å². The number of carbonyl (C=O) groups is 2. The predicted molar refractivity (Wildman–Crippen MR) is 110 cm³/mol. The third-order valence-electron chi connectivity index (χ3n) is 3.67. The van der Waals surface area contributed by atoms with Gasteiger partial charge in [-0.2, -0.15) is 0 Å². The van der Waals surface area contributed by atoms with Crippen molar-refractivity contribution in [1.82, 2.24) is 20.6 Å². The van der Waals surface area contributed by atoms with Crippen molar-refractivity contribution in [2.24, 2.45) is 5.92 Å². The van der Waals surface area contributed by atoms with Crippen LogP contribution < -0.4 is 10.6 Å². The van der Waals surface area contributed by atoms with Gasteiger partial charge in [-0.15, -0.1) is 11.3 Å². The van der Waals surface area contributed by atoms with Gasteiger partial charge in [-0.3, -0.25) is 10.1 Å². The number of benzene rings is 1. The Bertz CT molecular complexity index is 989. The van der Waals surface area contributed by atoms with E-state index in [4.69, 9.17) is 0 Å². The molecule has 0 aliphatic rings. The van der Waals surface area contributed by atoms with Gasteiger partial charge in [0.2, 0.25) is 5.91 Å². The highest BCUT2D eigenvalue weighted by Gasteiger charge is 2.14. The summed E-state index contributed by atoms with van der Waals surface area (Å²) in [6.45, 7) is 4.44. The fourth-order valence-corrected chi connectivity index (χ4v) is 4.33. The van der Waals surface area contributed by atoms with Gasteiger partial charge in [0.05, 0.1) is 16.0 Å². The summed E-state index contributed by atoms with van der Waals surface area (Å²) < 4.78 is 14.0.